The number of nitrogens with zero attached hydrogens (tertiary/aromatic N) is 1. The number of oxazole rings is 1. The summed E-state index contributed by atoms with van der Waals surface area (Å²) in [7, 11) is 1.46. The fourth-order valence-electron chi connectivity index (χ4n) is 2.80. The second-order valence-electron chi connectivity index (χ2n) is 5.99. The van der Waals surface area contributed by atoms with Gasteiger partial charge in [0, 0.05) is 16.8 Å². The molecule has 0 aliphatic carbocycles. The molecular weight excluding hydrogens is 399 g/mol. The Hall–Kier alpha value is -3.02. The molecule has 0 saturated heterocycles. The highest BCUT2D eigenvalue weighted by Gasteiger charge is 2.15. The second kappa shape index (κ2) is 7.54. The molecule has 1 N–H and O–H groups in total. The van der Waals surface area contributed by atoms with Gasteiger partial charge in [-0.2, -0.15) is 0 Å². The molecule has 5 nitrogen and oxygen atoms in total. The van der Waals surface area contributed by atoms with Crippen LogP contribution in [0.1, 0.15) is 10.4 Å². The fraction of sp³-hybridized carbons (Fsp3) is 0.0476. The molecule has 7 heteroatoms. The number of halogens is 2. The molecule has 4 aromatic rings. The maximum Gasteiger partial charge on any atom is 0.255 e. The number of nitrogens with one attached hydrogen (secondary N) is 1. The van der Waals surface area contributed by atoms with Gasteiger partial charge in [0.15, 0.2) is 11.3 Å². The van der Waals surface area contributed by atoms with Crippen LogP contribution in [0, 0.1) is 0 Å². The number of ether oxygens (including phenoxy) is 1. The van der Waals surface area contributed by atoms with E-state index >= 15 is 0 Å². The number of carbonyl (C=O) groups excluding carboxylic acids is 1. The van der Waals surface area contributed by atoms with Crippen molar-refractivity contribution in [2.24, 2.45) is 0 Å². The number of rotatable bonds is 4. The van der Waals surface area contributed by atoms with E-state index in [0.717, 1.165) is 5.56 Å². The predicted molar refractivity (Wildman–Crippen MR) is 110 cm³/mol. The van der Waals surface area contributed by atoms with Gasteiger partial charge in [-0.1, -0.05) is 41.4 Å². The second-order valence-corrected chi connectivity index (χ2v) is 6.81. The number of methoxy groups -OCH3 is 1. The van der Waals surface area contributed by atoms with Gasteiger partial charge in [0.05, 0.1) is 17.2 Å². The third kappa shape index (κ3) is 3.54. The van der Waals surface area contributed by atoms with Gasteiger partial charge in [0.2, 0.25) is 5.89 Å². The van der Waals surface area contributed by atoms with Crippen molar-refractivity contribution in [3.63, 3.8) is 0 Å². The maximum absolute atomic E-state index is 12.6. The van der Waals surface area contributed by atoms with Crippen LogP contribution in [-0.4, -0.2) is 18.0 Å². The minimum atomic E-state index is -0.349. The van der Waals surface area contributed by atoms with Crippen molar-refractivity contribution in [3.05, 3.63) is 76.3 Å². The van der Waals surface area contributed by atoms with E-state index in [-0.39, 0.29) is 16.0 Å². The number of amides is 1. The number of anilines is 1. The van der Waals surface area contributed by atoms with Gasteiger partial charge in [-0.15, -0.1) is 0 Å². The van der Waals surface area contributed by atoms with Crippen LogP contribution in [0.4, 0.5) is 5.69 Å². The van der Waals surface area contributed by atoms with Gasteiger partial charge in [0.1, 0.15) is 5.52 Å². The lowest BCUT2D eigenvalue weighted by molar-refractivity contribution is 0.102. The molecule has 4 rings (SSSR count). The van der Waals surface area contributed by atoms with Crippen LogP contribution in [0.15, 0.2) is 65.1 Å². The van der Waals surface area contributed by atoms with Crippen molar-refractivity contribution in [1.29, 1.82) is 0 Å². The summed E-state index contributed by atoms with van der Waals surface area (Å²) in [6.45, 7) is 0. The number of hydrogen-bond acceptors (Lipinski definition) is 4. The van der Waals surface area contributed by atoms with E-state index in [0.29, 0.717) is 34.0 Å². The molecule has 1 amide bonds. The van der Waals surface area contributed by atoms with Crippen molar-refractivity contribution < 1.29 is 13.9 Å². The summed E-state index contributed by atoms with van der Waals surface area (Å²) in [6, 6.07) is 17.9. The van der Waals surface area contributed by atoms with Crippen molar-refractivity contribution in [3.8, 4) is 17.2 Å². The molecule has 3 aromatic carbocycles. The Morgan fingerprint density at radius 3 is 2.43 bits per heavy atom. The predicted octanol–water partition coefficient (Wildman–Crippen LogP) is 6.06. The number of fused-ring (bicyclic) bond motifs is 1. The molecule has 140 valence electrons. The van der Waals surface area contributed by atoms with Crippen LogP contribution in [0.2, 0.25) is 10.0 Å². The Morgan fingerprint density at radius 2 is 1.75 bits per heavy atom. The third-order valence-corrected chi connectivity index (χ3v) is 4.69. The van der Waals surface area contributed by atoms with E-state index in [1.165, 1.54) is 19.2 Å². The third-order valence-electron chi connectivity index (χ3n) is 4.13. The van der Waals surface area contributed by atoms with E-state index < -0.39 is 0 Å². The first kappa shape index (κ1) is 18.3. The van der Waals surface area contributed by atoms with Crippen LogP contribution in [0.25, 0.3) is 22.6 Å². The minimum absolute atomic E-state index is 0.264. The summed E-state index contributed by atoms with van der Waals surface area (Å²) in [5, 5.41) is 3.34. The number of hydrogen-bond donors (Lipinski definition) is 1. The Bertz CT molecular complexity index is 1150. The van der Waals surface area contributed by atoms with E-state index in [9.17, 15) is 4.79 Å². The first-order chi connectivity index (χ1) is 13.5. The Labute approximate surface area is 170 Å². The highest BCUT2D eigenvalue weighted by molar-refractivity contribution is 6.37. The number of benzene rings is 3. The van der Waals surface area contributed by atoms with Gasteiger partial charge in [-0.25, -0.2) is 4.98 Å². The molecule has 1 aromatic heterocycles. The molecule has 0 aliphatic heterocycles. The molecule has 0 unspecified atom stereocenters. The zero-order chi connectivity index (χ0) is 19.7. The molecular formula is C21H14Cl2N2O3. The monoisotopic (exact) mass is 412 g/mol. The van der Waals surface area contributed by atoms with Gasteiger partial charge in [-0.3, -0.25) is 4.79 Å². The smallest absolute Gasteiger partial charge is 0.255 e. The SMILES string of the molecule is COc1c(Cl)cc(C(=O)Nc2ccc3oc(-c4ccccc4)nc3c2)cc1Cl. The average Bonchev–Trinajstić information content (AvgIpc) is 3.12. The first-order valence-corrected chi connectivity index (χ1v) is 9.11. The van der Waals surface area contributed by atoms with Crippen LogP contribution < -0.4 is 10.1 Å². The summed E-state index contributed by atoms with van der Waals surface area (Å²) in [5.41, 5.74) is 3.05. The minimum Gasteiger partial charge on any atom is -0.494 e. The Morgan fingerprint density at radius 1 is 1.04 bits per heavy atom. The highest BCUT2D eigenvalue weighted by Crippen LogP contribution is 2.34. The Balaban J connectivity index is 1.60. The van der Waals surface area contributed by atoms with Crippen LogP contribution in [0.5, 0.6) is 5.75 Å². The maximum atomic E-state index is 12.6. The molecule has 28 heavy (non-hydrogen) atoms. The van der Waals surface area contributed by atoms with Crippen LogP contribution in [-0.2, 0) is 0 Å². The molecule has 0 bridgehead atoms. The number of aromatic nitrogens is 1. The lowest BCUT2D eigenvalue weighted by Crippen LogP contribution is -2.12. The molecule has 1 heterocycles. The molecule has 0 spiro atoms. The lowest BCUT2D eigenvalue weighted by Gasteiger charge is -2.09. The standard InChI is InChI=1S/C21H14Cl2N2O3/c1-27-19-15(22)9-13(10-16(19)23)20(26)24-14-7-8-18-17(11-14)25-21(28-18)12-5-3-2-4-6-12/h2-11H,1H3,(H,24,26). The topological polar surface area (TPSA) is 64.4 Å². The van der Waals surface area contributed by atoms with E-state index in [4.69, 9.17) is 32.4 Å². The zero-order valence-corrected chi connectivity index (χ0v) is 16.2. The van der Waals surface area contributed by atoms with Crippen molar-refractivity contribution in [2.75, 3.05) is 12.4 Å². The van der Waals surface area contributed by atoms with Crippen LogP contribution >= 0.6 is 23.2 Å². The molecule has 0 aliphatic rings. The van der Waals surface area contributed by atoms with E-state index in [1.54, 1.807) is 18.2 Å². The normalized spacial score (nSPS) is 10.8. The molecule has 0 atom stereocenters. The zero-order valence-electron chi connectivity index (χ0n) is 14.7. The lowest BCUT2D eigenvalue weighted by atomic mass is 10.2. The summed E-state index contributed by atoms with van der Waals surface area (Å²) in [6.07, 6.45) is 0. The summed E-state index contributed by atoms with van der Waals surface area (Å²) >= 11 is 12.2. The summed E-state index contributed by atoms with van der Waals surface area (Å²) < 4.78 is 10.9. The van der Waals surface area contributed by atoms with Crippen molar-refractivity contribution >= 4 is 45.9 Å². The molecule has 0 saturated carbocycles. The molecule has 0 radical (unpaired) electrons. The highest BCUT2D eigenvalue weighted by atomic mass is 35.5. The summed E-state index contributed by atoms with van der Waals surface area (Å²) in [4.78, 5) is 17.1. The number of carbonyl (C=O) groups is 1. The Kier molecular flexibility index (Phi) is 4.94. The largest absolute Gasteiger partial charge is 0.494 e. The van der Waals surface area contributed by atoms with E-state index in [1.807, 2.05) is 30.3 Å². The quantitative estimate of drug-likeness (QED) is 0.442. The van der Waals surface area contributed by atoms with Gasteiger partial charge >= 0.3 is 0 Å². The molecule has 0 fully saturated rings. The van der Waals surface area contributed by atoms with E-state index in [2.05, 4.69) is 10.3 Å². The van der Waals surface area contributed by atoms with Gasteiger partial charge in [-0.05, 0) is 42.5 Å². The fourth-order valence-corrected chi connectivity index (χ4v) is 3.44. The van der Waals surface area contributed by atoms with Gasteiger partial charge < -0.3 is 14.5 Å². The average molecular weight is 413 g/mol. The van der Waals surface area contributed by atoms with Gasteiger partial charge in [0.25, 0.3) is 5.91 Å². The first-order valence-electron chi connectivity index (χ1n) is 8.35. The van der Waals surface area contributed by atoms with Crippen molar-refractivity contribution in [2.45, 2.75) is 0 Å². The van der Waals surface area contributed by atoms with Crippen LogP contribution in [0.3, 0.4) is 0 Å². The summed E-state index contributed by atoms with van der Waals surface area (Å²) in [5.74, 6) is 0.503. The van der Waals surface area contributed by atoms with Crippen molar-refractivity contribution in [1.82, 2.24) is 4.98 Å².